The SMILES string of the molecule is COc1cccc(-c2csc(N=S(C)(=O)C(C)c3ccc(C(F)(F)F)nc3)n2)c1. The molecule has 10 heteroatoms. The maximum absolute atomic E-state index is 13.1. The first-order valence-electron chi connectivity index (χ1n) is 8.44. The highest BCUT2D eigenvalue weighted by molar-refractivity contribution is 7.93. The summed E-state index contributed by atoms with van der Waals surface area (Å²) >= 11 is 1.24. The van der Waals surface area contributed by atoms with Crippen LogP contribution in [0.3, 0.4) is 0 Å². The summed E-state index contributed by atoms with van der Waals surface area (Å²) in [6.07, 6.45) is -1.96. The Kier molecular flexibility index (Phi) is 5.95. The molecule has 3 rings (SSSR count). The van der Waals surface area contributed by atoms with E-state index in [4.69, 9.17) is 4.74 Å². The van der Waals surface area contributed by atoms with E-state index in [1.165, 1.54) is 23.7 Å². The van der Waals surface area contributed by atoms with Crippen molar-refractivity contribution in [3.63, 3.8) is 0 Å². The van der Waals surface area contributed by atoms with Gasteiger partial charge in [0, 0.05) is 23.4 Å². The topological polar surface area (TPSA) is 64.4 Å². The van der Waals surface area contributed by atoms with E-state index in [9.17, 15) is 17.4 Å². The van der Waals surface area contributed by atoms with Crippen molar-refractivity contribution in [2.24, 2.45) is 4.36 Å². The third kappa shape index (κ3) is 4.94. The van der Waals surface area contributed by atoms with Crippen LogP contribution in [0.25, 0.3) is 11.3 Å². The number of benzene rings is 1. The molecule has 0 N–H and O–H groups in total. The lowest BCUT2D eigenvalue weighted by atomic mass is 10.2. The zero-order valence-electron chi connectivity index (χ0n) is 15.8. The number of methoxy groups -OCH3 is 1. The summed E-state index contributed by atoms with van der Waals surface area (Å²) in [4.78, 5) is 7.85. The van der Waals surface area contributed by atoms with E-state index in [2.05, 4.69) is 14.3 Å². The number of nitrogens with zero attached hydrogens (tertiary/aromatic N) is 3. The quantitative estimate of drug-likeness (QED) is 0.508. The minimum Gasteiger partial charge on any atom is -0.497 e. The minimum absolute atomic E-state index is 0.335. The molecule has 154 valence electrons. The molecule has 29 heavy (non-hydrogen) atoms. The molecular weight excluding hydrogens is 423 g/mol. The van der Waals surface area contributed by atoms with Crippen LogP contribution in [-0.4, -0.2) is 27.5 Å². The molecule has 2 aromatic heterocycles. The Morgan fingerprint density at radius 1 is 1.24 bits per heavy atom. The van der Waals surface area contributed by atoms with E-state index in [-0.39, 0.29) is 0 Å². The molecule has 0 aliphatic heterocycles. The summed E-state index contributed by atoms with van der Waals surface area (Å²) in [7, 11) is -1.25. The predicted molar refractivity (Wildman–Crippen MR) is 108 cm³/mol. The van der Waals surface area contributed by atoms with E-state index in [0.717, 1.165) is 17.8 Å². The standard InChI is InChI=1S/C19H18F3N3O2S2/c1-12(14-7-8-17(23-10-14)19(20,21)22)29(3,26)25-18-24-16(11-28-18)13-5-4-6-15(9-13)27-2/h4-12H,1-3H3. The zero-order valence-corrected chi connectivity index (χ0v) is 17.4. The summed E-state index contributed by atoms with van der Waals surface area (Å²) in [6, 6.07) is 9.53. The molecule has 0 aliphatic carbocycles. The molecule has 1 aromatic carbocycles. The van der Waals surface area contributed by atoms with Gasteiger partial charge in [-0.05, 0) is 30.7 Å². The summed E-state index contributed by atoms with van der Waals surface area (Å²) in [5.74, 6) is 0.691. The van der Waals surface area contributed by atoms with Crippen LogP contribution in [0.4, 0.5) is 18.3 Å². The van der Waals surface area contributed by atoms with Gasteiger partial charge in [-0.2, -0.15) is 17.5 Å². The van der Waals surface area contributed by atoms with Crippen molar-refractivity contribution < 1.29 is 22.1 Å². The lowest BCUT2D eigenvalue weighted by Crippen LogP contribution is -2.11. The molecule has 0 saturated heterocycles. The lowest BCUT2D eigenvalue weighted by Gasteiger charge is -2.14. The second kappa shape index (κ2) is 8.11. The fraction of sp³-hybridized carbons (Fsp3) is 0.263. The van der Waals surface area contributed by atoms with Crippen LogP contribution in [0, 0.1) is 0 Å². The fourth-order valence-electron chi connectivity index (χ4n) is 2.52. The number of hydrogen-bond acceptors (Lipinski definition) is 6. The van der Waals surface area contributed by atoms with Crippen LogP contribution in [-0.2, 0) is 15.9 Å². The summed E-state index contributed by atoms with van der Waals surface area (Å²) in [6.45, 7) is 1.65. The highest BCUT2D eigenvalue weighted by Gasteiger charge is 2.32. The molecule has 0 aliphatic rings. The lowest BCUT2D eigenvalue weighted by molar-refractivity contribution is -0.141. The van der Waals surface area contributed by atoms with Crippen LogP contribution in [0.2, 0.25) is 0 Å². The molecule has 2 unspecified atom stereocenters. The highest BCUT2D eigenvalue weighted by atomic mass is 32.2. The largest absolute Gasteiger partial charge is 0.497 e. The average Bonchev–Trinajstić information content (AvgIpc) is 3.14. The third-order valence-corrected chi connectivity index (χ3v) is 7.29. The first-order valence-corrected chi connectivity index (χ1v) is 11.3. The fourth-order valence-corrected chi connectivity index (χ4v) is 4.85. The van der Waals surface area contributed by atoms with Gasteiger partial charge >= 0.3 is 6.18 Å². The Labute approximate surface area is 170 Å². The highest BCUT2D eigenvalue weighted by Crippen LogP contribution is 2.33. The Hall–Kier alpha value is -2.46. The van der Waals surface area contributed by atoms with Crippen molar-refractivity contribution in [3.05, 3.63) is 59.2 Å². The Morgan fingerprint density at radius 2 is 2.00 bits per heavy atom. The van der Waals surface area contributed by atoms with Gasteiger partial charge in [0.05, 0.1) is 27.8 Å². The number of pyridine rings is 1. The second-order valence-corrected chi connectivity index (χ2v) is 9.76. The van der Waals surface area contributed by atoms with Crippen LogP contribution < -0.4 is 4.74 Å². The molecule has 2 heterocycles. The van der Waals surface area contributed by atoms with Crippen molar-refractivity contribution in [2.75, 3.05) is 13.4 Å². The van der Waals surface area contributed by atoms with Crippen LogP contribution >= 0.6 is 11.3 Å². The molecule has 0 radical (unpaired) electrons. The second-order valence-electron chi connectivity index (χ2n) is 6.32. The first kappa shape index (κ1) is 21.3. The van der Waals surface area contributed by atoms with Crippen molar-refractivity contribution in [3.8, 4) is 17.0 Å². The number of ether oxygens (including phenoxy) is 1. The van der Waals surface area contributed by atoms with Crippen LogP contribution in [0.5, 0.6) is 5.75 Å². The van der Waals surface area contributed by atoms with E-state index in [0.29, 0.717) is 22.1 Å². The number of rotatable bonds is 5. The number of thiazole rings is 1. The van der Waals surface area contributed by atoms with E-state index in [1.807, 2.05) is 24.3 Å². The number of hydrogen-bond donors (Lipinski definition) is 0. The van der Waals surface area contributed by atoms with Gasteiger partial charge in [-0.3, -0.25) is 4.98 Å². The van der Waals surface area contributed by atoms with Crippen LogP contribution in [0.15, 0.2) is 52.3 Å². The molecule has 2 atom stereocenters. The third-order valence-electron chi connectivity index (χ3n) is 4.32. The van der Waals surface area contributed by atoms with Gasteiger partial charge < -0.3 is 4.74 Å². The van der Waals surface area contributed by atoms with E-state index >= 15 is 0 Å². The molecule has 3 aromatic rings. The van der Waals surface area contributed by atoms with Gasteiger partial charge in [0.1, 0.15) is 11.4 Å². The monoisotopic (exact) mass is 441 g/mol. The van der Waals surface area contributed by atoms with Gasteiger partial charge in [-0.1, -0.05) is 18.2 Å². The summed E-state index contributed by atoms with van der Waals surface area (Å²) in [5, 5.41) is 1.51. The van der Waals surface area contributed by atoms with Gasteiger partial charge in [0.2, 0.25) is 5.13 Å². The Morgan fingerprint density at radius 3 is 2.62 bits per heavy atom. The van der Waals surface area contributed by atoms with Gasteiger partial charge in [0.15, 0.2) is 0 Å². The molecule has 0 spiro atoms. The summed E-state index contributed by atoms with van der Waals surface area (Å²) in [5.41, 5.74) is 0.936. The predicted octanol–water partition coefficient (Wildman–Crippen LogP) is 5.72. The van der Waals surface area contributed by atoms with Gasteiger partial charge in [-0.15, -0.1) is 11.3 Å². The summed E-state index contributed by atoms with van der Waals surface area (Å²) < 4.78 is 60.6. The molecule has 0 fully saturated rings. The zero-order chi connectivity index (χ0) is 21.2. The van der Waals surface area contributed by atoms with Crippen molar-refractivity contribution in [1.82, 2.24) is 9.97 Å². The molecule has 0 amide bonds. The van der Waals surface area contributed by atoms with Crippen LogP contribution in [0.1, 0.15) is 23.4 Å². The smallest absolute Gasteiger partial charge is 0.433 e. The van der Waals surface area contributed by atoms with Crippen molar-refractivity contribution >= 4 is 26.2 Å². The maximum atomic E-state index is 13.1. The van der Waals surface area contributed by atoms with E-state index < -0.39 is 26.8 Å². The number of aromatic nitrogens is 2. The first-order chi connectivity index (χ1) is 13.6. The van der Waals surface area contributed by atoms with Gasteiger partial charge in [-0.25, -0.2) is 9.19 Å². The maximum Gasteiger partial charge on any atom is 0.433 e. The molecule has 5 nitrogen and oxygen atoms in total. The molecular formula is C19H18F3N3O2S2. The number of halogens is 3. The Balaban J connectivity index is 1.87. The minimum atomic E-state index is -4.52. The Bertz CT molecular complexity index is 1120. The van der Waals surface area contributed by atoms with Gasteiger partial charge in [0.25, 0.3) is 0 Å². The van der Waals surface area contributed by atoms with E-state index in [1.54, 1.807) is 19.4 Å². The normalized spacial score (nSPS) is 14.8. The molecule has 0 bridgehead atoms. The van der Waals surface area contributed by atoms with Crippen molar-refractivity contribution in [2.45, 2.75) is 18.3 Å². The average molecular weight is 442 g/mol. The van der Waals surface area contributed by atoms with Crippen molar-refractivity contribution in [1.29, 1.82) is 0 Å². The molecule has 0 saturated carbocycles. The number of alkyl halides is 3.